The highest BCUT2D eigenvalue weighted by Gasteiger charge is 2.08. The summed E-state index contributed by atoms with van der Waals surface area (Å²) in [6, 6.07) is 5.12. The van der Waals surface area contributed by atoms with Crippen molar-refractivity contribution < 1.29 is 23.9 Å². The number of benzene rings is 1. The molecule has 7 heteroatoms. The Labute approximate surface area is 103 Å². The van der Waals surface area contributed by atoms with Gasteiger partial charge in [0.15, 0.2) is 0 Å². The molecule has 0 aliphatic rings. The molecular formula is C11H13NO6. The zero-order valence-electron chi connectivity index (χ0n) is 9.83. The predicted octanol–water partition coefficient (Wildman–Crippen LogP) is 2.15. The van der Waals surface area contributed by atoms with E-state index in [4.69, 9.17) is 14.2 Å². The number of hydrogen-bond donors (Lipinski definition) is 0. The fraction of sp³-hybridized carbons (Fsp3) is 0.364. The van der Waals surface area contributed by atoms with Gasteiger partial charge in [-0.1, -0.05) is 0 Å². The summed E-state index contributed by atoms with van der Waals surface area (Å²) in [6.07, 6.45) is -0.872. The van der Waals surface area contributed by atoms with Gasteiger partial charge in [-0.3, -0.25) is 10.1 Å². The second-order valence-corrected chi connectivity index (χ2v) is 3.15. The molecule has 0 amide bonds. The summed E-state index contributed by atoms with van der Waals surface area (Å²) >= 11 is 0. The lowest BCUT2D eigenvalue weighted by atomic mass is 10.3. The average Bonchev–Trinajstić information content (AvgIpc) is 2.35. The van der Waals surface area contributed by atoms with E-state index in [-0.39, 0.29) is 18.0 Å². The highest BCUT2D eigenvalue weighted by molar-refractivity contribution is 5.63. The number of carbonyl (C=O) groups is 1. The van der Waals surface area contributed by atoms with Crippen molar-refractivity contribution in [2.45, 2.75) is 6.92 Å². The van der Waals surface area contributed by atoms with E-state index in [0.29, 0.717) is 13.2 Å². The summed E-state index contributed by atoms with van der Waals surface area (Å²) in [5, 5.41) is 10.4. The first-order valence-electron chi connectivity index (χ1n) is 5.30. The van der Waals surface area contributed by atoms with Gasteiger partial charge in [0, 0.05) is 18.7 Å². The normalized spacial score (nSPS) is 9.83. The molecule has 0 fully saturated rings. The third kappa shape index (κ3) is 4.79. The summed E-state index contributed by atoms with van der Waals surface area (Å²) in [7, 11) is 0. The second kappa shape index (κ2) is 7.23. The van der Waals surface area contributed by atoms with Crippen molar-refractivity contribution in [3.8, 4) is 5.75 Å². The Kier molecular flexibility index (Phi) is 5.59. The molecular weight excluding hydrogens is 242 g/mol. The monoisotopic (exact) mass is 255 g/mol. The molecule has 0 aromatic heterocycles. The number of non-ortho nitro benzene ring substituents is 1. The Hall–Kier alpha value is -2.15. The quantitative estimate of drug-likeness (QED) is 0.254. The van der Waals surface area contributed by atoms with Gasteiger partial charge >= 0.3 is 6.16 Å². The van der Waals surface area contributed by atoms with E-state index in [9.17, 15) is 14.9 Å². The lowest BCUT2D eigenvalue weighted by Gasteiger charge is -2.05. The van der Waals surface area contributed by atoms with E-state index in [1.54, 1.807) is 0 Å². The molecule has 1 aromatic carbocycles. The van der Waals surface area contributed by atoms with Crippen molar-refractivity contribution in [2.24, 2.45) is 0 Å². The summed E-state index contributed by atoms with van der Waals surface area (Å²) in [5.41, 5.74) is -0.0768. The van der Waals surface area contributed by atoms with Crippen LogP contribution in [0.25, 0.3) is 0 Å². The maximum atomic E-state index is 11.2. The Bertz CT molecular complexity index is 402. The van der Waals surface area contributed by atoms with E-state index in [2.05, 4.69) is 0 Å². The number of hydrogen-bond acceptors (Lipinski definition) is 6. The first kappa shape index (κ1) is 13.9. The highest BCUT2D eigenvalue weighted by Crippen LogP contribution is 2.17. The van der Waals surface area contributed by atoms with Gasteiger partial charge in [0.25, 0.3) is 5.69 Å². The number of carbonyl (C=O) groups excluding carboxylic acids is 1. The number of rotatable bonds is 6. The minimum atomic E-state index is -0.872. The van der Waals surface area contributed by atoms with Crippen molar-refractivity contribution in [1.29, 1.82) is 0 Å². The van der Waals surface area contributed by atoms with Crippen molar-refractivity contribution in [2.75, 3.05) is 19.8 Å². The van der Waals surface area contributed by atoms with Crippen LogP contribution in [0.2, 0.25) is 0 Å². The SMILES string of the molecule is CCOCCOC(=O)Oc1ccc([N+](=O)[O-])cc1. The van der Waals surface area contributed by atoms with Crippen LogP contribution < -0.4 is 4.74 Å². The molecule has 0 heterocycles. The lowest BCUT2D eigenvalue weighted by molar-refractivity contribution is -0.384. The molecule has 7 nitrogen and oxygen atoms in total. The second-order valence-electron chi connectivity index (χ2n) is 3.15. The van der Waals surface area contributed by atoms with Crippen LogP contribution in [0.15, 0.2) is 24.3 Å². The number of nitro benzene ring substituents is 1. The fourth-order valence-corrected chi connectivity index (χ4v) is 1.09. The summed E-state index contributed by atoms with van der Waals surface area (Å²) < 4.78 is 14.5. The van der Waals surface area contributed by atoms with Crippen molar-refractivity contribution in [1.82, 2.24) is 0 Å². The Morgan fingerprint density at radius 3 is 2.50 bits per heavy atom. The van der Waals surface area contributed by atoms with E-state index < -0.39 is 11.1 Å². The van der Waals surface area contributed by atoms with Gasteiger partial charge < -0.3 is 14.2 Å². The summed E-state index contributed by atoms with van der Waals surface area (Å²) in [6.45, 7) is 2.77. The Balaban J connectivity index is 2.37. The van der Waals surface area contributed by atoms with Crippen LogP contribution in [0, 0.1) is 10.1 Å². The van der Waals surface area contributed by atoms with E-state index >= 15 is 0 Å². The maximum Gasteiger partial charge on any atom is 0.513 e. The fourth-order valence-electron chi connectivity index (χ4n) is 1.09. The minimum Gasteiger partial charge on any atom is -0.432 e. The largest absolute Gasteiger partial charge is 0.513 e. The number of nitro groups is 1. The third-order valence-electron chi connectivity index (χ3n) is 1.90. The van der Waals surface area contributed by atoms with Gasteiger partial charge in [0.2, 0.25) is 0 Å². The molecule has 1 aromatic rings. The molecule has 0 unspecified atom stereocenters. The maximum absolute atomic E-state index is 11.2. The molecule has 18 heavy (non-hydrogen) atoms. The van der Waals surface area contributed by atoms with Crippen LogP contribution in [-0.4, -0.2) is 30.9 Å². The Morgan fingerprint density at radius 1 is 1.28 bits per heavy atom. The van der Waals surface area contributed by atoms with Crippen LogP contribution in [0.5, 0.6) is 5.75 Å². The standard InChI is InChI=1S/C11H13NO6/c1-2-16-7-8-17-11(13)18-10-5-3-9(4-6-10)12(14)15/h3-6H,2,7-8H2,1H3. The number of ether oxygens (including phenoxy) is 3. The minimum absolute atomic E-state index is 0.0768. The van der Waals surface area contributed by atoms with E-state index in [1.807, 2.05) is 6.92 Å². The molecule has 98 valence electrons. The highest BCUT2D eigenvalue weighted by atomic mass is 16.7. The van der Waals surface area contributed by atoms with Crippen molar-refractivity contribution in [3.05, 3.63) is 34.4 Å². The molecule has 0 N–H and O–H groups in total. The first-order chi connectivity index (χ1) is 8.63. The molecule has 1 rings (SSSR count). The van der Waals surface area contributed by atoms with Gasteiger partial charge in [0.05, 0.1) is 11.5 Å². The van der Waals surface area contributed by atoms with Gasteiger partial charge in [-0.25, -0.2) is 4.79 Å². The van der Waals surface area contributed by atoms with Gasteiger partial charge in [-0.2, -0.15) is 0 Å². The topological polar surface area (TPSA) is 87.9 Å². The van der Waals surface area contributed by atoms with Crippen LogP contribution in [-0.2, 0) is 9.47 Å². The summed E-state index contributed by atoms with van der Waals surface area (Å²) in [4.78, 5) is 21.0. The zero-order valence-corrected chi connectivity index (χ0v) is 9.83. The molecule has 0 saturated carbocycles. The molecule has 0 bridgehead atoms. The molecule has 0 atom stereocenters. The molecule has 0 aliphatic carbocycles. The van der Waals surface area contributed by atoms with Crippen molar-refractivity contribution >= 4 is 11.8 Å². The zero-order chi connectivity index (χ0) is 13.4. The van der Waals surface area contributed by atoms with Crippen molar-refractivity contribution in [3.63, 3.8) is 0 Å². The van der Waals surface area contributed by atoms with Crippen LogP contribution >= 0.6 is 0 Å². The average molecular weight is 255 g/mol. The van der Waals surface area contributed by atoms with Crippen LogP contribution in [0.1, 0.15) is 6.92 Å². The molecule has 0 radical (unpaired) electrons. The van der Waals surface area contributed by atoms with Gasteiger partial charge in [-0.05, 0) is 19.1 Å². The molecule has 0 aliphatic heterocycles. The third-order valence-corrected chi connectivity index (χ3v) is 1.90. The molecule has 0 spiro atoms. The smallest absolute Gasteiger partial charge is 0.432 e. The van der Waals surface area contributed by atoms with Gasteiger partial charge in [0.1, 0.15) is 12.4 Å². The number of nitrogens with zero attached hydrogens (tertiary/aromatic N) is 1. The molecule has 0 saturated heterocycles. The lowest BCUT2D eigenvalue weighted by Crippen LogP contribution is -2.14. The van der Waals surface area contributed by atoms with E-state index in [0.717, 1.165) is 0 Å². The van der Waals surface area contributed by atoms with Gasteiger partial charge in [-0.15, -0.1) is 0 Å². The van der Waals surface area contributed by atoms with Crippen LogP contribution in [0.4, 0.5) is 10.5 Å². The van der Waals surface area contributed by atoms with Crippen LogP contribution in [0.3, 0.4) is 0 Å². The first-order valence-corrected chi connectivity index (χ1v) is 5.30. The predicted molar refractivity (Wildman–Crippen MR) is 61.6 cm³/mol. The Morgan fingerprint density at radius 2 is 1.94 bits per heavy atom. The summed E-state index contributed by atoms with van der Waals surface area (Å²) in [5.74, 6) is 0.182. The van der Waals surface area contributed by atoms with E-state index in [1.165, 1.54) is 24.3 Å².